The van der Waals surface area contributed by atoms with Crippen molar-refractivity contribution in [3.63, 3.8) is 0 Å². The predicted octanol–water partition coefficient (Wildman–Crippen LogP) is -2.17. The number of hydrogen-bond donors (Lipinski definition) is 8. The van der Waals surface area contributed by atoms with Crippen molar-refractivity contribution in [1.29, 1.82) is 0 Å². The number of phenols is 1. The van der Waals surface area contributed by atoms with E-state index in [-0.39, 0.29) is 38.0 Å². The summed E-state index contributed by atoms with van der Waals surface area (Å²) in [7, 11) is 0. The van der Waals surface area contributed by atoms with Crippen LogP contribution in [0.15, 0.2) is 24.3 Å². The Bertz CT molecular complexity index is 878. The number of nitrogens with one attached hydrogen (secondary N) is 3. The number of hydrogen-bond acceptors (Lipinski definition) is 8. The fourth-order valence-electron chi connectivity index (χ4n) is 3.18. The first kappa shape index (κ1) is 29.3. The number of amides is 4. The summed E-state index contributed by atoms with van der Waals surface area (Å²) < 4.78 is 0. The van der Waals surface area contributed by atoms with Crippen LogP contribution in [0.5, 0.6) is 5.75 Å². The van der Waals surface area contributed by atoms with Gasteiger partial charge in [0, 0.05) is 12.8 Å². The molecule has 35 heavy (non-hydrogen) atoms. The highest BCUT2D eigenvalue weighted by molar-refractivity contribution is 5.93. The molecular weight excluding hydrogens is 460 g/mol. The topological polar surface area (TPSA) is 240 Å². The van der Waals surface area contributed by atoms with Crippen LogP contribution in [0.3, 0.4) is 0 Å². The summed E-state index contributed by atoms with van der Waals surface area (Å²) in [6, 6.07) is 2.25. The van der Waals surface area contributed by atoms with Crippen molar-refractivity contribution in [2.45, 2.75) is 56.7 Å². The van der Waals surface area contributed by atoms with E-state index in [4.69, 9.17) is 17.2 Å². The number of unbranched alkanes of at least 4 members (excludes halogenated alkanes) is 1. The Hall–Kier alpha value is -3.71. The number of carbonyl (C=O) groups is 5. The van der Waals surface area contributed by atoms with Crippen molar-refractivity contribution in [3.8, 4) is 5.75 Å². The summed E-state index contributed by atoms with van der Waals surface area (Å²) >= 11 is 0. The molecule has 0 aliphatic rings. The van der Waals surface area contributed by atoms with Crippen molar-refractivity contribution in [1.82, 2.24) is 16.0 Å². The summed E-state index contributed by atoms with van der Waals surface area (Å²) in [4.78, 5) is 60.4. The van der Waals surface area contributed by atoms with Crippen LogP contribution in [-0.2, 0) is 30.4 Å². The molecule has 0 bridgehead atoms. The van der Waals surface area contributed by atoms with Crippen LogP contribution in [-0.4, -0.2) is 71.0 Å². The van der Waals surface area contributed by atoms with Crippen LogP contribution < -0.4 is 33.2 Å². The van der Waals surface area contributed by atoms with E-state index in [1.165, 1.54) is 12.1 Å². The molecule has 0 saturated heterocycles. The van der Waals surface area contributed by atoms with Crippen LogP contribution in [0, 0.1) is 0 Å². The van der Waals surface area contributed by atoms with Crippen LogP contribution in [0.2, 0.25) is 0 Å². The van der Waals surface area contributed by atoms with E-state index in [1.54, 1.807) is 12.1 Å². The first-order valence-corrected chi connectivity index (χ1v) is 11.2. The van der Waals surface area contributed by atoms with E-state index in [2.05, 4.69) is 16.0 Å². The molecule has 0 aliphatic heterocycles. The molecule has 0 saturated carbocycles. The maximum absolute atomic E-state index is 13.0. The molecule has 0 aliphatic carbocycles. The Morgan fingerprint density at radius 3 is 1.97 bits per heavy atom. The minimum Gasteiger partial charge on any atom is -0.508 e. The van der Waals surface area contributed by atoms with Gasteiger partial charge in [-0.3, -0.25) is 19.2 Å². The van der Waals surface area contributed by atoms with E-state index in [0.717, 1.165) is 0 Å². The monoisotopic (exact) mass is 494 g/mol. The third-order valence-corrected chi connectivity index (χ3v) is 5.09. The van der Waals surface area contributed by atoms with Crippen molar-refractivity contribution in [2.75, 3.05) is 13.1 Å². The second-order valence-electron chi connectivity index (χ2n) is 7.94. The van der Waals surface area contributed by atoms with E-state index in [1.807, 2.05) is 0 Å². The normalized spacial score (nSPS) is 13.2. The Kier molecular flexibility index (Phi) is 12.8. The molecule has 1 aromatic carbocycles. The molecule has 11 N–H and O–H groups in total. The number of primary amides is 1. The number of aromatic hydroxyl groups is 1. The van der Waals surface area contributed by atoms with E-state index in [9.17, 15) is 34.2 Å². The van der Waals surface area contributed by atoms with Gasteiger partial charge in [-0.1, -0.05) is 12.1 Å². The van der Waals surface area contributed by atoms with Gasteiger partial charge in [0.1, 0.15) is 23.9 Å². The SMILES string of the molecule is NCCCCC(NC(=O)CN)C(=O)NC(Cc1ccc(O)cc1)C(=O)NC(CCC(N)=O)C(=O)O. The number of carboxylic acid groups (broad SMARTS) is 1. The minimum absolute atomic E-state index is 0.000597. The highest BCUT2D eigenvalue weighted by atomic mass is 16.4. The first-order chi connectivity index (χ1) is 16.6. The number of carbonyl (C=O) groups excluding carboxylic acids is 4. The van der Waals surface area contributed by atoms with Gasteiger partial charge >= 0.3 is 5.97 Å². The smallest absolute Gasteiger partial charge is 0.326 e. The summed E-state index contributed by atoms with van der Waals surface area (Å²) in [5, 5.41) is 26.3. The number of aliphatic carboxylic acids is 1. The van der Waals surface area contributed by atoms with Crippen molar-refractivity contribution in [3.05, 3.63) is 29.8 Å². The van der Waals surface area contributed by atoms with Gasteiger partial charge in [-0.2, -0.15) is 0 Å². The van der Waals surface area contributed by atoms with Gasteiger partial charge in [0.2, 0.25) is 23.6 Å². The van der Waals surface area contributed by atoms with Crippen LogP contribution in [0.25, 0.3) is 0 Å². The summed E-state index contributed by atoms with van der Waals surface area (Å²) in [6.45, 7) is 0.0607. The molecule has 4 amide bonds. The molecule has 3 unspecified atom stereocenters. The third kappa shape index (κ3) is 11.3. The number of benzene rings is 1. The van der Waals surface area contributed by atoms with Gasteiger partial charge in [0.15, 0.2) is 0 Å². The van der Waals surface area contributed by atoms with Crippen molar-refractivity contribution < 1.29 is 34.2 Å². The standard InChI is InChI=1S/C22H34N6O7/c23-10-2-1-3-15(26-19(31)12-24)20(32)28-17(11-13-4-6-14(29)7-5-13)21(33)27-16(22(34)35)8-9-18(25)30/h4-7,15-17,29H,1-3,8-12,23-24H2,(H2,25,30)(H,26,31)(H,27,33)(H,28,32)(H,34,35). The number of carboxylic acids is 1. The van der Waals surface area contributed by atoms with E-state index >= 15 is 0 Å². The van der Waals surface area contributed by atoms with Gasteiger partial charge in [-0.25, -0.2) is 4.79 Å². The molecule has 1 aromatic rings. The fourth-order valence-corrected chi connectivity index (χ4v) is 3.18. The zero-order valence-corrected chi connectivity index (χ0v) is 19.4. The lowest BCUT2D eigenvalue weighted by atomic mass is 10.0. The lowest BCUT2D eigenvalue weighted by molar-refractivity contribution is -0.142. The molecular formula is C22H34N6O7. The highest BCUT2D eigenvalue weighted by Gasteiger charge is 2.29. The zero-order chi connectivity index (χ0) is 26.4. The van der Waals surface area contributed by atoms with Crippen LogP contribution in [0.4, 0.5) is 0 Å². The van der Waals surface area contributed by atoms with Gasteiger partial charge < -0.3 is 43.4 Å². The quantitative estimate of drug-likeness (QED) is 0.116. The summed E-state index contributed by atoms with van der Waals surface area (Å²) in [6.07, 6.45) is 0.854. The third-order valence-electron chi connectivity index (χ3n) is 5.09. The Morgan fingerprint density at radius 1 is 0.829 bits per heavy atom. The molecule has 0 heterocycles. The summed E-state index contributed by atoms with van der Waals surface area (Å²) in [5.41, 5.74) is 16.5. The van der Waals surface area contributed by atoms with Crippen LogP contribution >= 0.6 is 0 Å². The average molecular weight is 495 g/mol. The molecule has 0 radical (unpaired) electrons. The maximum atomic E-state index is 13.0. The molecule has 13 heteroatoms. The van der Waals surface area contributed by atoms with E-state index < -0.39 is 47.7 Å². The van der Waals surface area contributed by atoms with Crippen molar-refractivity contribution >= 4 is 29.6 Å². The average Bonchev–Trinajstić information content (AvgIpc) is 2.81. The second kappa shape index (κ2) is 15.2. The molecule has 1 rings (SSSR count). The van der Waals surface area contributed by atoms with Gasteiger partial charge in [0.25, 0.3) is 0 Å². The van der Waals surface area contributed by atoms with Gasteiger partial charge in [0.05, 0.1) is 6.54 Å². The first-order valence-electron chi connectivity index (χ1n) is 11.2. The number of phenolic OH excluding ortho intramolecular Hbond substituents is 1. The number of rotatable bonds is 16. The molecule has 0 spiro atoms. The number of nitrogens with two attached hydrogens (primary N) is 3. The maximum Gasteiger partial charge on any atom is 0.326 e. The largest absolute Gasteiger partial charge is 0.508 e. The Labute approximate surface area is 202 Å². The van der Waals surface area contributed by atoms with Crippen LogP contribution in [0.1, 0.15) is 37.7 Å². The highest BCUT2D eigenvalue weighted by Crippen LogP contribution is 2.12. The minimum atomic E-state index is -1.41. The van der Waals surface area contributed by atoms with Gasteiger partial charge in [-0.05, 0) is 49.9 Å². The molecule has 3 atom stereocenters. The lowest BCUT2D eigenvalue weighted by Gasteiger charge is -2.24. The Morgan fingerprint density at radius 2 is 1.43 bits per heavy atom. The summed E-state index contributed by atoms with van der Waals surface area (Å²) in [5.74, 6) is -4.13. The molecule has 0 fully saturated rings. The fraction of sp³-hybridized carbons (Fsp3) is 0.500. The molecule has 194 valence electrons. The molecule has 13 nitrogen and oxygen atoms in total. The Balaban J connectivity index is 3.09. The second-order valence-corrected chi connectivity index (χ2v) is 7.94. The zero-order valence-electron chi connectivity index (χ0n) is 19.4. The predicted molar refractivity (Wildman–Crippen MR) is 126 cm³/mol. The molecule has 0 aromatic heterocycles. The van der Waals surface area contributed by atoms with Crippen molar-refractivity contribution in [2.24, 2.45) is 17.2 Å². The van der Waals surface area contributed by atoms with E-state index in [0.29, 0.717) is 24.9 Å². The lowest BCUT2D eigenvalue weighted by Crippen LogP contribution is -2.56. The van der Waals surface area contributed by atoms with Gasteiger partial charge in [-0.15, -0.1) is 0 Å².